The fourth-order valence-corrected chi connectivity index (χ4v) is 3.38. The van der Waals surface area contributed by atoms with Crippen LogP contribution in [0.5, 0.6) is 0 Å². The highest BCUT2D eigenvalue weighted by atomic mass is 127. The van der Waals surface area contributed by atoms with Crippen LogP contribution in [0.2, 0.25) is 0 Å². The Labute approximate surface area is 185 Å². The van der Waals surface area contributed by atoms with Crippen molar-refractivity contribution in [3.63, 3.8) is 0 Å². The lowest BCUT2D eigenvalue weighted by atomic mass is 10.2. The van der Waals surface area contributed by atoms with Crippen molar-refractivity contribution in [2.24, 2.45) is 10.7 Å². The van der Waals surface area contributed by atoms with Gasteiger partial charge in [-0.25, -0.2) is 14.8 Å². The number of nitrogens with zero attached hydrogens (tertiary/aromatic N) is 4. The molecule has 10 heteroatoms. The number of hydrogen-bond acceptors (Lipinski definition) is 6. The zero-order valence-corrected chi connectivity index (χ0v) is 19.4. The summed E-state index contributed by atoms with van der Waals surface area (Å²) in [5, 5.41) is 2.78. The van der Waals surface area contributed by atoms with E-state index >= 15 is 0 Å². The van der Waals surface area contributed by atoms with E-state index in [2.05, 4.69) is 9.98 Å². The Balaban J connectivity index is 0.00000280. The maximum atomic E-state index is 12.1. The Hall–Kier alpha value is -1.82. The smallest absolute Gasteiger partial charge is 0.410 e. The second-order valence-corrected chi connectivity index (χ2v) is 8.11. The van der Waals surface area contributed by atoms with Crippen molar-refractivity contribution in [2.75, 3.05) is 26.2 Å². The summed E-state index contributed by atoms with van der Waals surface area (Å²) in [4.78, 5) is 24.7. The SMILES string of the molecule is CC(C)(C)OC(=O)N1CCN(C(N)=NCc2csc(-c3ccco3)n2)CC1.I. The predicted octanol–water partition coefficient (Wildman–Crippen LogP) is 3.39. The maximum Gasteiger partial charge on any atom is 0.410 e. The van der Waals surface area contributed by atoms with Gasteiger partial charge in [0.15, 0.2) is 16.7 Å². The van der Waals surface area contributed by atoms with E-state index in [4.69, 9.17) is 14.9 Å². The third kappa shape index (κ3) is 6.09. The largest absolute Gasteiger partial charge is 0.462 e. The van der Waals surface area contributed by atoms with Gasteiger partial charge in [-0.1, -0.05) is 0 Å². The Kier molecular flexibility index (Phi) is 7.70. The number of rotatable bonds is 3. The summed E-state index contributed by atoms with van der Waals surface area (Å²) >= 11 is 1.52. The van der Waals surface area contributed by atoms with Crippen LogP contribution in [0.15, 0.2) is 33.2 Å². The third-order valence-corrected chi connectivity index (χ3v) is 4.85. The molecule has 2 aromatic heterocycles. The number of halogens is 1. The van der Waals surface area contributed by atoms with Gasteiger partial charge in [0, 0.05) is 31.6 Å². The van der Waals surface area contributed by atoms with Crippen molar-refractivity contribution in [1.82, 2.24) is 14.8 Å². The molecule has 3 rings (SSSR count). The average Bonchev–Trinajstić information content (AvgIpc) is 3.29. The van der Waals surface area contributed by atoms with Crippen LogP contribution in [0, 0.1) is 0 Å². The van der Waals surface area contributed by atoms with E-state index in [1.807, 2.05) is 43.2 Å². The van der Waals surface area contributed by atoms with Gasteiger partial charge in [0.2, 0.25) is 0 Å². The number of aromatic nitrogens is 1. The second kappa shape index (κ2) is 9.59. The number of hydrogen-bond donors (Lipinski definition) is 1. The monoisotopic (exact) mass is 519 g/mol. The Morgan fingerprint density at radius 1 is 1.32 bits per heavy atom. The topological polar surface area (TPSA) is 97.2 Å². The predicted molar refractivity (Wildman–Crippen MR) is 120 cm³/mol. The Bertz CT molecular complexity index is 793. The molecule has 2 N–H and O–H groups in total. The molecule has 1 aliphatic heterocycles. The molecule has 0 atom stereocenters. The molecule has 0 unspecified atom stereocenters. The molecule has 0 saturated carbocycles. The Morgan fingerprint density at radius 2 is 2.00 bits per heavy atom. The van der Waals surface area contributed by atoms with E-state index in [1.54, 1.807) is 11.2 Å². The number of nitrogens with two attached hydrogens (primary N) is 1. The number of aliphatic imine (C=N–C) groups is 1. The summed E-state index contributed by atoms with van der Waals surface area (Å²) < 4.78 is 10.8. The van der Waals surface area contributed by atoms with Crippen molar-refractivity contribution in [3.8, 4) is 10.8 Å². The van der Waals surface area contributed by atoms with Crippen molar-refractivity contribution in [2.45, 2.75) is 32.9 Å². The van der Waals surface area contributed by atoms with E-state index in [1.165, 1.54) is 11.3 Å². The van der Waals surface area contributed by atoms with Crippen LogP contribution in [-0.4, -0.2) is 58.6 Å². The van der Waals surface area contributed by atoms with E-state index in [0.717, 1.165) is 16.5 Å². The van der Waals surface area contributed by atoms with Crippen LogP contribution < -0.4 is 5.73 Å². The van der Waals surface area contributed by atoms with Gasteiger partial charge >= 0.3 is 6.09 Å². The minimum absolute atomic E-state index is 0. The lowest BCUT2D eigenvalue weighted by molar-refractivity contribution is 0.0186. The number of carbonyl (C=O) groups excluding carboxylic acids is 1. The maximum absolute atomic E-state index is 12.1. The molecular formula is C18H26IN5O3S. The van der Waals surface area contributed by atoms with Gasteiger partial charge < -0.3 is 24.7 Å². The summed E-state index contributed by atoms with van der Waals surface area (Å²) in [6, 6.07) is 3.72. The molecule has 1 fully saturated rings. The van der Waals surface area contributed by atoms with E-state index in [9.17, 15) is 4.79 Å². The summed E-state index contributed by atoms with van der Waals surface area (Å²) in [6.07, 6.45) is 1.34. The highest BCUT2D eigenvalue weighted by Crippen LogP contribution is 2.24. The molecule has 0 bridgehead atoms. The second-order valence-electron chi connectivity index (χ2n) is 7.25. The quantitative estimate of drug-likeness (QED) is 0.380. The molecule has 154 valence electrons. The van der Waals surface area contributed by atoms with Gasteiger partial charge in [-0.3, -0.25) is 0 Å². The summed E-state index contributed by atoms with van der Waals surface area (Å²) in [6.45, 7) is 8.38. The van der Waals surface area contributed by atoms with Crippen molar-refractivity contribution >= 4 is 47.4 Å². The van der Waals surface area contributed by atoms with E-state index < -0.39 is 5.60 Å². The molecule has 0 spiro atoms. The first kappa shape index (κ1) is 22.5. The number of carbonyl (C=O) groups is 1. The van der Waals surface area contributed by atoms with Crippen LogP contribution in [0.25, 0.3) is 10.8 Å². The third-order valence-electron chi connectivity index (χ3n) is 3.94. The lowest BCUT2D eigenvalue weighted by Gasteiger charge is -2.36. The molecule has 0 radical (unpaired) electrons. The van der Waals surface area contributed by atoms with E-state index in [-0.39, 0.29) is 30.1 Å². The summed E-state index contributed by atoms with van der Waals surface area (Å²) in [5.74, 6) is 1.22. The molecule has 3 heterocycles. The molecule has 2 aromatic rings. The fraction of sp³-hybridized carbons (Fsp3) is 0.500. The molecule has 1 saturated heterocycles. The van der Waals surface area contributed by atoms with Crippen LogP contribution in [0.3, 0.4) is 0 Å². The van der Waals surface area contributed by atoms with Crippen LogP contribution in [0.1, 0.15) is 26.5 Å². The minimum Gasteiger partial charge on any atom is -0.462 e. The van der Waals surface area contributed by atoms with Crippen LogP contribution >= 0.6 is 35.3 Å². The molecule has 8 nitrogen and oxygen atoms in total. The van der Waals surface area contributed by atoms with Gasteiger partial charge in [0.05, 0.1) is 18.5 Å². The molecular weight excluding hydrogens is 493 g/mol. The average molecular weight is 519 g/mol. The van der Waals surface area contributed by atoms with E-state index in [0.29, 0.717) is 38.7 Å². The molecule has 0 aliphatic carbocycles. The van der Waals surface area contributed by atoms with Gasteiger partial charge in [0.1, 0.15) is 5.60 Å². The van der Waals surface area contributed by atoms with Gasteiger partial charge in [-0.05, 0) is 32.9 Å². The first-order chi connectivity index (χ1) is 12.8. The van der Waals surface area contributed by atoms with Crippen LogP contribution in [-0.2, 0) is 11.3 Å². The normalized spacial score (nSPS) is 15.3. The van der Waals surface area contributed by atoms with Gasteiger partial charge in [0.25, 0.3) is 0 Å². The molecule has 1 aliphatic rings. The standard InChI is InChI=1S/C18H25N5O3S.HI/c1-18(2,3)26-17(24)23-8-6-22(7-9-23)16(19)20-11-13-12-27-15(21-13)14-5-4-10-25-14;/h4-5,10,12H,6-9,11H2,1-3H3,(H2,19,20);1H. The van der Waals surface area contributed by atoms with Crippen molar-refractivity contribution in [3.05, 3.63) is 29.5 Å². The molecule has 28 heavy (non-hydrogen) atoms. The number of amides is 1. The van der Waals surface area contributed by atoms with Crippen molar-refractivity contribution < 1.29 is 13.9 Å². The number of furan rings is 1. The summed E-state index contributed by atoms with van der Waals surface area (Å²) in [5.41, 5.74) is 6.48. The minimum atomic E-state index is -0.489. The highest BCUT2D eigenvalue weighted by Gasteiger charge is 2.26. The lowest BCUT2D eigenvalue weighted by Crippen LogP contribution is -2.53. The zero-order chi connectivity index (χ0) is 19.4. The number of guanidine groups is 1. The first-order valence-corrected chi connectivity index (χ1v) is 9.71. The fourth-order valence-electron chi connectivity index (χ4n) is 2.60. The number of ether oxygens (including phenoxy) is 1. The molecule has 1 amide bonds. The Morgan fingerprint density at radius 3 is 2.61 bits per heavy atom. The number of thiazole rings is 1. The number of piperazine rings is 1. The highest BCUT2D eigenvalue weighted by molar-refractivity contribution is 14.0. The van der Waals surface area contributed by atoms with Gasteiger partial charge in [-0.15, -0.1) is 35.3 Å². The van der Waals surface area contributed by atoms with Crippen molar-refractivity contribution in [1.29, 1.82) is 0 Å². The summed E-state index contributed by atoms with van der Waals surface area (Å²) in [7, 11) is 0. The zero-order valence-electron chi connectivity index (χ0n) is 16.3. The molecule has 0 aromatic carbocycles. The first-order valence-electron chi connectivity index (χ1n) is 8.83. The van der Waals surface area contributed by atoms with Crippen LogP contribution in [0.4, 0.5) is 4.79 Å². The van der Waals surface area contributed by atoms with Gasteiger partial charge in [-0.2, -0.15) is 0 Å².